The summed E-state index contributed by atoms with van der Waals surface area (Å²) in [7, 11) is -3.23. The Balaban J connectivity index is 1.80. The molecule has 0 bridgehead atoms. The second-order valence-corrected chi connectivity index (χ2v) is 9.73. The summed E-state index contributed by atoms with van der Waals surface area (Å²) in [6.45, 7) is 4.60. The summed E-state index contributed by atoms with van der Waals surface area (Å²) in [5, 5.41) is 14.2. The van der Waals surface area contributed by atoms with Crippen LogP contribution in [0.3, 0.4) is 0 Å². The van der Waals surface area contributed by atoms with Gasteiger partial charge in [-0.3, -0.25) is 0 Å². The fourth-order valence-corrected chi connectivity index (χ4v) is 3.49. The van der Waals surface area contributed by atoms with E-state index >= 15 is 0 Å². The lowest BCUT2D eigenvalue weighted by Crippen LogP contribution is -2.46. The van der Waals surface area contributed by atoms with Gasteiger partial charge in [0.25, 0.3) is 0 Å². The molecule has 2 aromatic carbocycles. The molecule has 0 heterocycles. The number of aliphatic hydroxyl groups is 1. The fraction of sp³-hybridized carbons (Fsp3) is 0.400. The molecule has 0 aromatic heterocycles. The van der Waals surface area contributed by atoms with E-state index in [1.807, 2.05) is 24.3 Å². The van der Waals surface area contributed by atoms with Crippen molar-refractivity contribution in [1.82, 2.24) is 5.32 Å². The van der Waals surface area contributed by atoms with Crippen LogP contribution in [0.1, 0.15) is 19.4 Å². The van der Waals surface area contributed by atoms with E-state index in [0.717, 1.165) is 18.2 Å². The van der Waals surface area contributed by atoms with Crippen LogP contribution in [-0.4, -0.2) is 44.6 Å². The third-order valence-corrected chi connectivity index (χ3v) is 5.41. The third kappa shape index (κ3) is 7.50. The molecular formula is C20H26ClNO4S. The number of nitrogens with one attached hydrogen (secondary N) is 1. The lowest BCUT2D eigenvalue weighted by Gasteiger charge is -2.28. The minimum Gasteiger partial charge on any atom is -0.491 e. The third-order valence-electron chi connectivity index (χ3n) is 4.05. The summed E-state index contributed by atoms with van der Waals surface area (Å²) < 4.78 is 28.4. The number of hydrogen-bond donors (Lipinski definition) is 2. The van der Waals surface area contributed by atoms with Gasteiger partial charge in [-0.2, -0.15) is 0 Å². The number of rotatable bonds is 9. The first-order valence-electron chi connectivity index (χ1n) is 8.66. The normalized spacial score (nSPS) is 13.4. The maximum atomic E-state index is 11.4. The quantitative estimate of drug-likeness (QED) is 0.663. The molecule has 27 heavy (non-hydrogen) atoms. The highest BCUT2D eigenvalue weighted by Crippen LogP contribution is 2.18. The number of β-amino-alcohol motifs (C(OH)–C–C–N with tert-alkyl or cyclic N) is 1. The molecule has 0 amide bonds. The molecule has 148 valence electrons. The van der Waals surface area contributed by atoms with Crippen LogP contribution in [0.5, 0.6) is 5.75 Å². The number of ether oxygens (including phenoxy) is 1. The van der Waals surface area contributed by atoms with Gasteiger partial charge in [0.1, 0.15) is 18.5 Å². The molecule has 0 saturated heterocycles. The lowest BCUT2D eigenvalue weighted by molar-refractivity contribution is 0.0988. The molecule has 5 nitrogen and oxygen atoms in total. The van der Waals surface area contributed by atoms with Crippen molar-refractivity contribution in [3.8, 4) is 5.75 Å². The maximum absolute atomic E-state index is 11.4. The summed E-state index contributed by atoms with van der Waals surface area (Å²) in [5.41, 5.74) is 0.903. The zero-order chi connectivity index (χ0) is 20.1. The SMILES string of the molecule is CC(C)(Cc1cccc(Cl)c1)NCC(O)COc1ccc(S(C)(=O)=O)cc1. The Morgan fingerprint density at radius 3 is 2.44 bits per heavy atom. The van der Waals surface area contributed by atoms with Gasteiger partial charge >= 0.3 is 0 Å². The van der Waals surface area contributed by atoms with Crippen LogP contribution in [0.2, 0.25) is 5.02 Å². The highest BCUT2D eigenvalue weighted by atomic mass is 35.5. The van der Waals surface area contributed by atoms with Crippen molar-refractivity contribution in [3.63, 3.8) is 0 Å². The minimum atomic E-state index is -3.23. The highest BCUT2D eigenvalue weighted by Gasteiger charge is 2.19. The Morgan fingerprint density at radius 2 is 1.85 bits per heavy atom. The second-order valence-electron chi connectivity index (χ2n) is 7.28. The van der Waals surface area contributed by atoms with Crippen molar-refractivity contribution in [1.29, 1.82) is 0 Å². The molecule has 1 unspecified atom stereocenters. The molecule has 0 aliphatic carbocycles. The van der Waals surface area contributed by atoms with Gasteiger partial charge in [-0.25, -0.2) is 8.42 Å². The maximum Gasteiger partial charge on any atom is 0.175 e. The number of hydrogen-bond acceptors (Lipinski definition) is 5. The number of sulfone groups is 1. The van der Waals surface area contributed by atoms with Crippen LogP contribution in [0.15, 0.2) is 53.4 Å². The van der Waals surface area contributed by atoms with Crippen LogP contribution in [0, 0.1) is 0 Å². The first-order chi connectivity index (χ1) is 12.5. The van der Waals surface area contributed by atoms with Gasteiger partial charge in [0.15, 0.2) is 9.84 Å². The number of benzene rings is 2. The molecule has 0 spiro atoms. The molecule has 1 atom stereocenters. The van der Waals surface area contributed by atoms with Crippen LogP contribution < -0.4 is 10.1 Å². The van der Waals surface area contributed by atoms with Gasteiger partial charge in [0, 0.05) is 23.4 Å². The topological polar surface area (TPSA) is 75.6 Å². The molecule has 0 aliphatic rings. The smallest absolute Gasteiger partial charge is 0.175 e. The highest BCUT2D eigenvalue weighted by molar-refractivity contribution is 7.90. The summed E-state index contributed by atoms with van der Waals surface area (Å²) in [6, 6.07) is 13.9. The predicted octanol–water partition coefficient (Wildman–Crippen LogP) is 3.09. The Bertz CT molecular complexity index is 851. The summed E-state index contributed by atoms with van der Waals surface area (Å²) in [4.78, 5) is 0.236. The number of aliphatic hydroxyl groups excluding tert-OH is 1. The average Bonchev–Trinajstić information content (AvgIpc) is 2.57. The van der Waals surface area contributed by atoms with Gasteiger partial charge in [-0.1, -0.05) is 23.7 Å². The molecule has 0 radical (unpaired) electrons. The van der Waals surface area contributed by atoms with E-state index in [2.05, 4.69) is 19.2 Å². The van der Waals surface area contributed by atoms with Crippen molar-refractivity contribution >= 4 is 21.4 Å². The molecule has 0 saturated carbocycles. The zero-order valence-corrected chi connectivity index (χ0v) is 17.3. The first kappa shape index (κ1) is 21.7. The summed E-state index contributed by atoms with van der Waals surface area (Å²) >= 11 is 6.03. The average molecular weight is 412 g/mol. The molecular weight excluding hydrogens is 386 g/mol. The van der Waals surface area contributed by atoms with Crippen LogP contribution in [-0.2, 0) is 16.3 Å². The molecule has 0 fully saturated rings. The second kappa shape index (κ2) is 9.06. The number of halogens is 1. The molecule has 2 rings (SSSR count). The minimum absolute atomic E-state index is 0.110. The van der Waals surface area contributed by atoms with Gasteiger partial charge in [-0.15, -0.1) is 0 Å². The van der Waals surface area contributed by atoms with Gasteiger partial charge < -0.3 is 15.2 Å². The molecule has 0 aliphatic heterocycles. The Labute approximate surface area is 166 Å². The van der Waals surface area contributed by atoms with E-state index in [1.165, 1.54) is 12.1 Å². The van der Waals surface area contributed by atoms with E-state index in [1.54, 1.807) is 12.1 Å². The van der Waals surface area contributed by atoms with E-state index in [9.17, 15) is 13.5 Å². The van der Waals surface area contributed by atoms with Crippen molar-refractivity contribution < 1.29 is 18.3 Å². The Morgan fingerprint density at radius 1 is 1.19 bits per heavy atom. The van der Waals surface area contributed by atoms with Crippen LogP contribution in [0.4, 0.5) is 0 Å². The first-order valence-corrected chi connectivity index (χ1v) is 10.9. The van der Waals surface area contributed by atoms with Crippen molar-refractivity contribution in [2.75, 3.05) is 19.4 Å². The molecule has 2 N–H and O–H groups in total. The fourth-order valence-electron chi connectivity index (χ4n) is 2.65. The van der Waals surface area contributed by atoms with Crippen molar-refractivity contribution in [3.05, 3.63) is 59.1 Å². The van der Waals surface area contributed by atoms with E-state index < -0.39 is 15.9 Å². The zero-order valence-electron chi connectivity index (χ0n) is 15.8. The Kier molecular flexibility index (Phi) is 7.28. The Hall–Kier alpha value is -1.60. The van der Waals surface area contributed by atoms with Crippen molar-refractivity contribution in [2.45, 2.75) is 36.8 Å². The van der Waals surface area contributed by atoms with Crippen molar-refractivity contribution in [2.24, 2.45) is 0 Å². The van der Waals surface area contributed by atoms with E-state index in [4.69, 9.17) is 16.3 Å². The van der Waals surface area contributed by atoms with Crippen LogP contribution in [0.25, 0.3) is 0 Å². The monoisotopic (exact) mass is 411 g/mol. The van der Waals surface area contributed by atoms with Gasteiger partial charge in [0.05, 0.1) is 4.90 Å². The summed E-state index contributed by atoms with van der Waals surface area (Å²) in [5.74, 6) is 0.514. The summed E-state index contributed by atoms with van der Waals surface area (Å²) in [6.07, 6.45) is 1.23. The standard InChI is InChI=1S/C20H26ClNO4S/c1-20(2,12-15-5-4-6-16(21)11-15)22-13-17(23)14-26-18-7-9-19(10-8-18)27(3,24)25/h4-11,17,22-23H,12-14H2,1-3H3. The largest absolute Gasteiger partial charge is 0.491 e. The van der Waals surface area contributed by atoms with Gasteiger partial charge in [0.2, 0.25) is 0 Å². The van der Waals surface area contributed by atoms with E-state index in [0.29, 0.717) is 17.3 Å². The van der Waals surface area contributed by atoms with Crippen LogP contribution >= 0.6 is 11.6 Å². The molecule has 2 aromatic rings. The lowest BCUT2D eigenvalue weighted by atomic mass is 9.95. The van der Waals surface area contributed by atoms with Gasteiger partial charge in [-0.05, 0) is 62.2 Å². The predicted molar refractivity (Wildman–Crippen MR) is 108 cm³/mol. The van der Waals surface area contributed by atoms with E-state index in [-0.39, 0.29) is 17.0 Å². The molecule has 7 heteroatoms.